The molecular weight excluding hydrogens is 432 g/mol. The number of rotatable bonds is 8. The minimum Gasteiger partial charge on any atom is -0.479 e. The van der Waals surface area contributed by atoms with E-state index in [9.17, 15) is 9.90 Å². The molecule has 33 heavy (non-hydrogen) atoms. The first kappa shape index (κ1) is 23.0. The van der Waals surface area contributed by atoms with Crippen molar-refractivity contribution in [3.05, 3.63) is 95.0 Å². The number of halogens is 1. The molecule has 1 N–H and O–H groups in total. The molecule has 1 atom stereocenters. The van der Waals surface area contributed by atoms with Crippen LogP contribution in [-0.4, -0.2) is 17.7 Å². The molecule has 0 saturated heterocycles. The fourth-order valence-electron chi connectivity index (χ4n) is 4.44. The SMILES string of the molecule is CCCCOC(C(=O)O)c1c(C)c(-c2ccccc2)c2ccccc2c1-c1ccc(Cl)cc1. The van der Waals surface area contributed by atoms with Crippen LogP contribution in [0.1, 0.15) is 37.0 Å². The van der Waals surface area contributed by atoms with Crippen LogP contribution in [0, 0.1) is 6.92 Å². The van der Waals surface area contributed by atoms with Crippen molar-refractivity contribution in [2.75, 3.05) is 6.61 Å². The van der Waals surface area contributed by atoms with E-state index in [4.69, 9.17) is 16.3 Å². The molecule has 0 heterocycles. The standard InChI is InChI=1S/C29H27ClO3/c1-3-4-18-33-28(29(31)32)26-19(2)25(20-10-6-5-7-11-20)23-12-8-9-13-24(23)27(26)21-14-16-22(30)17-15-21/h5-17,28H,3-4,18H2,1-2H3,(H,31,32). The summed E-state index contributed by atoms with van der Waals surface area (Å²) in [5, 5.41) is 13.0. The molecular formula is C29H27ClO3. The van der Waals surface area contributed by atoms with Gasteiger partial charge in [0, 0.05) is 17.2 Å². The largest absolute Gasteiger partial charge is 0.479 e. The van der Waals surface area contributed by atoms with Crippen LogP contribution in [0.4, 0.5) is 0 Å². The molecule has 0 amide bonds. The maximum Gasteiger partial charge on any atom is 0.337 e. The lowest BCUT2D eigenvalue weighted by molar-refractivity contribution is -0.151. The number of benzene rings is 4. The highest BCUT2D eigenvalue weighted by atomic mass is 35.5. The van der Waals surface area contributed by atoms with Gasteiger partial charge in [0.25, 0.3) is 0 Å². The summed E-state index contributed by atoms with van der Waals surface area (Å²) in [6.45, 7) is 4.45. The van der Waals surface area contributed by atoms with Crippen LogP contribution in [0.2, 0.25) is 5.02 Å². The number of fused-ring (bicyclic) bond motifs is 1. The molecule has 0 spiro atoms. The van der Waals surface area contributed by atoms with E-state index < -0.39 is 12.1 Å². The number of carboxylic acids is 1. The summed E-state index contributed by atoms with van der Waals surface area (Å²) < 4.78 is 6.01. The smallest absolute Gasteiger partial charge is 0.337 e. The van der Waals surface area contributed by atoms with Gasteiger partial charge >= 0.3 is 5.97 Å². The van der Waals surface area contributed by atoms with E-state index in [-0.39, 0.29) is 0 Å². The normalized spacial score (nSPS) is 12.1. The number of carbonyl (C=O) groups is 1. The minimum absolute atomic E-state index is 0.389. The average Bonchev–Trinajstić information content (AvgIpc) is 2.83. The van der Waals surface area contributed by atoms with Crippen molar-refractivity contribution in [1.82, 2.24) is 0 Å². The zero-order chi connectivity index (χ0) is 23.4. The van der Waals surface area contributed by atoms with Crippen molar-refractivity contribution in [3.63, 3.8) is 0 Å². The second-order valence-electron chi connectivity index (χ2n) is 8.15. The molecule has 1 unspecified atom stereocenters. The van der Waals surface area contributed by atoms with E-state index in [0.717, 1.165) is 51.4 Å². The molecule has 0 aliphatic heterocycles. The van der Waals surface area contributed by atoms with Gasteiger partial charge in [0.1, 0.15) is 0 Å². The quantitative estimate of drug-likeness (QED) is 0.271. The molecule has 0 aliphatic carbocycles. The first-order valence-corrected chi connectivity index (χ1v) is 11.6. The highest BCUT2D eigenvalue weighted by molar-refractivity contribution is 6.30. The molecule has 0 radical (unpaired) electrons. The van der Waals surface area contributed by atoms with Gasteiger partial charge in [0.05, 0.1) is 0 Å². The topological polar surface area (TPSA) is 46.5 Å². The van der Waals surface area contributed by atoms with E-state index >= 15 is 0 Å². The first-order valence-electron chi connectivity index (χ1n) is 11.2. The maximum atomic E-state index is 12.5. The number of carboxylic acid groups (broad SMARTS) is 1. The summed E-state index contributed by atoms with van der Waals surface area (Å²) in [5.41, 5.74) is 5.48. The van der Waals surface area contributed by atoms with Gasteiger partial charge in [-0.05, 0) is 64.1 Å². The Morgan fingerprint density at radius 3 is 2.06 bits per heavy atom. The van der Waals surface area contributed by atoms with Gasteiger partial charge in [-0.2, -0.15) is 0 Å². The van der Waals surface area contributed by atoms with Crippen LogP contribution in [0.15, 0.2) is 78.9 Å². The Morgan fingerprint density at radius 2 is 1.45 bits per heavy atom. The molecule has 4 aromatic rings. The lowest BCUT2D eigenvalue weighted by Gasteiger charge is -2.25. The molecule has 0 saturated carbocycles. The Bertz CT molecular complexity index is 1260. The summed E-state index contributed by atoms with van der Waals surface area (Å²) in [5.74, 6) is -0.987. The molecule has 4 aromatic carbocycles. The van der Waals surface area contributed by atoms with Gasteiger partial charge in [-0.3, -0.25) is 0 Å². The summed E-state index contributed by atoms with van der Waals surface area (Å²) in [7, 11) is 0. The van der Waals surface area contributed by atoms with Gasteiger partial charge in [-0.15, -0.1) is 0 Å². The zero-order valence-electron chi connectivity index (χ0n) is 18.8. The lowest BCUT2D eigenvalue weighted by Crippen LogP contribution is -2.19. The Labute approximate surface area is 199 Å². The molecule has 168 valence electrons. The van der Waals surface area contributed by atoms with E-state index in [0.29, 0.717) is 17.2 Å². The molecule has 0 bridgehead atoms. The van der Waals surface area contributed by atoms with E-state index in [1.54, 1.807) is 0 Å². The fraction of sp³-hybridized carbons (Fsp3) is 0.207. The second-order valence-corrected chi connectivity index (χ2v) is 8.59. The monoisotopic (exact) mass is 458 g/mol. The van der Waals surface area contributed by atoms with Crippen LogP contribution < -0.4 is 0 Å². The van der Waals surface area contributed by atoms with Gasteiger partial charge < -0.3 is 9.84 Å². The third-order valence-electron chi connectivity index (χ3n) is 5.98. The van der Waals surface area contributed by atoms with E-state index in [1.165, 1.54) is 0 Å². The lowest BCUT2D eigenvalue weighted by atomic mass is 9.82. The molecule has 3 nitrogen and oxygen atoms in total. The van der Waals surface area contributed by atoms with Gasteiger partial charge in [0.2, 0.25) is 0 Å². The minimum atomic E-state index is -1.07. The van der Waals surface area contributed by atoms with Crippen molar-refractivity contribution in [1.29, 1.82) is 0 Å². The van der Waals surface area contributed by atoms with Gasteiger partial charge in [-0.1, -0.05) is 91.7 Å². The number of ether oxygens (including phenoxy) is 1. The number of hydrogen-bond acceptors (Lipinski definition) is 2. The number of unbranched alkanes of at least 4 members (excludes halogenated alkanes) is 1. The predicted octanol–water partition coefficient (Wildman–Crippen LogP) is 8.08. The van der Waals surface area contributed by atoms with Crippen LogP contribution in [0.3, 0.4) is 0 Å². The Morgan fingerprint density at radius 1 is 0.879 bits per heavy atom. The average molecular weight is 459 g/mol. The molecule has 0 fully saturated rings. The Kier molecular flexibility index (Phi) is 7.12. The van der Waals surface area contributed by atoms with E-state index in [1.807, 2.05) is 61.5 Å². The van der Waals surface area contributed by atoms with Crippen LogP contribution >= 0.6 is 11.6 Å². The first-order chi connectivity index (χ1) is 16.0. The van der Waals surface area contributed by atoms with Gasteiger partial charge in [-0.25, -0.2) is 4.79 Å². The zero-order valence-corrected chi connectivity index (χ0v) is 19.6. The fourth-order valence-corrected chi connectivity index (χ4v) is 4.57. The molecule has 0 aliphatic rings. The number of hydrogen-bond donors (Lipinski definition) is 1. The predicted molar refractivity (Wildman–Crippen MR) is 136 cm³/mol. The third-order valence-corrected chi connectivity index (χ3v) is 6.23. The highest BCUT2D eigenvalue weighted by Crippen LogP contribution is 2.45. The van der Waals surface area contributed by atoms with Gasteiger partial charge in [0.15, 0.2) is 6.10 Å². The van der Waals surface area contributed by atoms with Crippen LogP contribution in [0.25, 0.3) is 33.0 Å². The summed E-state index contributed by atoms with van der Waals surface area (Å²) in [6.07, 6.45) is 0.662. The van der Waals surface area contributed by atoms with E-state index in [2.05, 4.69) is 31.2 Å². The Hall–Kier alpha value is -3.14. The van der Waals surface area contributed by atoms with Crippen molar-refractivity contribution in [2.45, 2.75) is 32.8 Å². The summed E-state index contributed by atoms with van der Waals surface area (Å²) >= 11 is 6.17. The Balaban J connectivity index is 2.10. The number of aliphatic carboxylic acids is 1. The summed E-state index contributed by atoms with van der Waals surface area (Å²) in [4.78, 5) is 12.5. The van der Waals surface area contributed by atoms with Crippen molar-refractivity contribution >= 4 is 28.3 Å². The van der Waals surface area contributed by atoms with Crippen LogP contribution in [-0.2, 0) is 9.53 Å². The highest BCUT2D eigenvalue weighted by Gasteiger charge is 2.29. The molecule has 0 aromatic heterocycles. The third kappa shape index (κ3) is 4.66. The van der Waals surface area contributed by atoms with Crippen LogP contribution in [0.5, 0.6) is 0 Å². The molecule has 4 heteroatoms. The van der Waals surface area contributed by atoms with Crippen molar-refractivity contribution < 1.29 is 14.6 Å². The maximum absolute atomic E-state index is 12.5. The van der Waals surface area contributed by atoms with Crippen molar-refractivity contribution in [2.24, 2.45) is 0 Å². The molecule has 4 rings (SSSR count). The van der Waals surface area contributed by atoms with Crippen molar-refractivity contribution in [3.8, 4) is 22.3 Å². The second kappa shape index (κ2) is 10.2. The summed E-state index contributed by atoms with van der Waals surface area (Å²) in [6, 6.07) is 25.8.